The molecule has 0 bridgehead atoms. The van der Waals surface area contributed by atoms with Gasteiger partial charge in [0.1, 0.15) is 0 Å². The van der Waals surface area contributed by atoms with Crippen molar-refractivity contribution in [3.8, 4) is 0 Å². The van der Waals surface area contributed by atoms with E-state index in [0.717, 1.165) is 18.9 Å². The zero-order valence-corrected chi connectivity index (χ0v) is 13.4. The van der Waals surface area contributed by atoms with Gasteiger partial charge >= 0.3 is 0 Å². The lowest BCUT2D eigenvalue weighted by atomic mass is 9.89. The average Bonchev–Trinajstić information content (AvgIpc) is 2.84. The topological polar surface area (TPSA) is 60.2 Å². The molecule has 1 aromatic rings. The Bertz CT molecular complexity index is 439. The molecule has 5 heteroatoms. The normalized spacial score (nSPS) is 30.9. The summed E-state index contributed by atoms with van der Waals surface area (Å²) in [5.41, 5.74) is 0.112. The van der Waals surface area contributed by atoms with E-state index in [2.05, 4.69) is 57.1 Å². The molecule has 1 aliphatic heterocycles. The lowest BCUT2D eigenvalue weighted by molar-refractivity contribution is 0.0544. The molecule has 0 aromatic carbocycles. The van der Waals surface area contributed by atoms with Crippen molar-refractivity contribution in [3.05, 3.63) is 11.8 Å². The summed E-state index contributed by atoms with van der Waals surface area (Å²) in [6, 6.07) is 0. The minimum absolute atomic E-state index is 0.112. The van der Waals surface area contributed by atoms with Crippen molar-refractivity contribution in [3.63, 3.8) is 0 Å². The Morgan fingerprint density at radius 3 is 2.35 bits per heavy atom. The highest BCUT2D eigenvalue weighted by atomic mass is 16.5. The maximum Gasteiger partial charge on any atom is 0.222 e. The van der Waals surface area contributed by atoms with Crippen LogP contribution in [0.4, 0.5) is 0 Å². The van der Waals surface area contributed by atoms with Crippen molar-refractivity contribution in [2.24, 2.45) is 5.92 Å². The Morgan fingerprint density at radius 2 is 1.80 bits per heavy atom. The lowest BCUT2D eigenvalue weighted by Gasteiger charge is -2.19. The van der Waals surface area contributed by atoms with Crippen LogP contribution in [0.3, 0.4) is 0 Å². The molecule has 1 N–H and O–H groups in total. The monoisotopic (exact) mass is 281 g/mol. The van der Waals surface area contributed by atoms with Gasteiger partial charge in [0.2, 0.25) is 11.8 Å². The SMILES string of the molecule is CC1OC(C)C(c2nnc(CCNC(C)(C)C)o2)C1C. The van der Waals surface area contributed by atoms with Crippen molar-refractivity contribution in [2.75, 3.05) is 6.54 Å². The summed E-state index contributed by atoms with van der Waals surface area (Å²) in [5.74, 6) is 2.05. The zero-order valence-electron chi connectivity index (χ0n) is 13.4. The Morgan fingerprint density at radius 1 is 1.10 bits per heavy atom. The summed E-state index contributed by atoms with van der Waals surface area (Å²) in [7, 11) is 0. The van der Waals surface area contributed by atoms with Crippen molar-refractivity contribution >= 4 is 0 Å². The van der Waals surface area contributed by atoms with Crippen molar-refractivity contribution in [1.82, 2.24) is 15.5 Å². The molecule has 1 aliphatic rings. The molecule has 2 heterocycles. The Kier molecular flexibility index (Phi) is 4.49. The van der Waals surface area contributed by atoms with Crippen molar-refractivity contribution in [1.29, 1.82) is 0 Å². The molecule has 1 fully saturated rings. The largest absolute Gasteiger partial charge is 0.425 e. The molecule has 20 heavy (non-hydrogen) atoms. The van der Waals surface area contributed by atoms with Crippen LogP contribution in [-0.2, 0) is 11.2 Å². The minimum Gasteiger partial charge on any atom is -0.425 e. The fourth-order valence-corrected chi connectivity index (χ4v) is 2.74. The van der Waals surface area contributed by atoms with Crippen molar-refractivity contribution in [2.45, 2.75) is 71.6 Å². The number of nitrogens with one attached hydrogen (secondary N) is 1. The summed E-state index contributed by atoms with van der Waals surface area (Å²) >= 11 is 0. The maximum atomic E-state index is 5.84. The molecule has 0 saturated carbocycles. The second kappa shape index (κ2) is 5.82. The summed E-state index contributed by atoms with van der Waals surface area (Å²) < 4.78 is 11.7. The molecule has 0 spiro atoms. The van der Waals surface area contributed by atoms with E-state index in [0.29, 0.717) is 11.8 Å². The van der Waals surface area contributed by atoms with Crippen LogP contribution in [0.5, 0.6) is 0 Å². The van der Waals surface area contributed by atoms with Crippen LogP contribution in [0.1, 0.15) is 59.2 Å². The molecule has 114 valence electrons. The molecule has 0 radical (unpaired) electrons. The van der Waals surface area contributed by atoms with Crippen molar-refractivity contribution < 1.29 is 9.15 Å². The van der Waals surface area contributed by atoms with Crippen LogP contribution in [0.25, 0.3) is 0 Å². The molecule has 4 atom stereocenters. The predicted molar refractivity (Wildman–Crippen MR) is 77.7 cm³/mol. The molecular weight excluding hydrogens is 254 g/mol. The third-order valence-electron chi connectivity index (χ3n) is 4.00. The fourth-order valence-electron chi connectivity index (χ4n) is 2.74. The Labute approximate surface area is 121 Å². The number of ether oxygens (including phenoxy) is 1. The van der Waals surface area contributed by atoms with Crippen LogP contribution < -0.4 is 5.32 Å². The van der Waals surface area contributed by atoms with Gasteiger partial charge < -0.3 is 14.5 Å². The fraction of sp³-hybridized carbons (Fsp3) is 0.867. The predicted octanol–water partition coefficient (Wildman–Crippen LogP) is 2.53. The van der Waals surface area contributed by atoms with Gasteiger partial charge in [0.05, 0.1) is 18.1 Å². The first-order valence-corrected chi connectivity index (χ1v) is 7.50. The van der Waals surface area contributed by atoms with E-state index in [1.54, 1.807) is 0 Å². The maximum absolute atomic E-state index is 5.84. The van der Waals surface area contributed by atoms with E-state index in [4.69, 9.17) is 9.15 Å². The molecule has 0 aliphatic carbocycles. The van der Waals surface area contributed by atoms with Crippen LogP contribution in [0.15, 0.2) is 4.42 Å². The van der Waals surface area contributed by atoms with Gasteiger partial charge in [0.15, 0.2) is 0 Å². The first-order valence-electron chi connectivity index (χ1n) is 7.50. The number of hydrogen-bond acceptors (Lipinski definition) is 5. The van der Waals surface area contributed by atoms with E-state index in [-0.39, 0.29) is 23.7 Å². The first-order chi connectivity index (χ1) is 9.28. The van der Waals surface area contributed by atoms with Crippen LogP contribution in [0.2, 0.25) is 0 Å². The van der Waals surface area contributed by atoms with E-state index in [9.17, 15) is 0 Å². The number of rotatable bonds is 4. The van der Waals surface area contributed by atoms with Crippen LogP contribution in [-0.4, -0.2) is 34.5 Å². The average molecular weight is 281 g/mol. The third-order valence-corrected chi connectivity index (χ3v) is 4.00. The Balaban J connectivity index is 1.95. The van der Waals surface area contributed by atoms with Gasteiger partial charge in [0.25, 0.3) is 0 Å². The molecule has 5 nitrogen and oxygen atoms in total. The number of nitrogens with zero attached hydrogens (tertiary/aromatic N) is 2. The summed E-state index contributed by atoms with van der Waals surface area (Å²) in [5, 5.41) is 11.8. The lowest BCUT2D eigenvalue weighted by Crippen LogP contribution is -2.37. The molecule has 1 aromatic heterocycles. The van der Waals surface area contributed by atoms with Crippen LogP contribution >= 0.6 is 0 Å². The number of hydrogen-bond donors (Lipinski definition) is 1. The standard InChI is InChI=1S/C15H27N3O2/c1-9-10(2)19-11(3)13(9)14-18-17-12(20-14)7-8-16-15(4,5)6/h9-11,13,16H,7-8H2,1-6H3. The van der Waals surface area contributed by atoms with Gasteiger partial charge in [-0.1, -0.05) is 6.92 Å². The van der Waals surface area contributed by atoms with E-state index >= 15 is 0 Å². The summed E-state index contributed by atoms with van der Waals surface area (Å²) in [6.45, 7) is 13.6. The quantitative estimate of drug-likeness (QED) is 0.919. The van der Waals surface area contributed by atoms with Gasteiger partial charge in [0, 0.05) is 18.5 Å². The summed E-state index contributed by atoms with van der Waals surface area (Å²) in [4.78, 5) is 0. The highest BCUT2D eigenvalue weighted by molar-refractivity contribution is 5.02. The molecule has 1 saturated heterocycles. The first kappa shape index (κ1) is 15.4. The van der Waals surface area contributed by atoms with Gasteiger partial charge in [-0.05, 0) is 40.5 Å². The second-order valence-corrected chi connectivity index (χ2v) is 6.89. The molecule has 4 unspecified atom stereocenters. The molecular formula is C15H27N3O2. The van der Waals surface area contributed by atoms with Gasteiger partial charge in [-0.3, -0.25) is 0 Å². The second-order valence-electron chi connectivity index (χ2n) is 6.89. The molecule has 0 amide bonds. The highest BCUT2D eigenvalue weighted by Gasteiger charge is 2.41. The Hall–Kier alpha value is -0.940. The smallest absolute Gasteiger partial charge is 0.222 e. The van der Waals surface area contributed by atoms with Gasteiger partial charge in [-0.2, -0.15) is 0 Å². The van der Waals surface area contributed by atoms with Gasteiger partial charge in [-0.25, -0.2) is 0 Å². The van der Waals surface area contributed by atoms with E-state index < -0.39 is 0 Å². The van der Waals surface area contributed by atoms with Crippen LogP contribution in [0, 0.1) is 5.92 Å². The summed E-state index contributed by atoms with van der Waals surface area (Å²) in [6.07, 6.45) is 1.14. The minimum atomic E-state index is 0.112. The highest BCUT2D eigenvalue weighted by Crippen LogP contribution is 2.39. The third kappa shape index (κ3) is 3.58. The van der Waals surface area contributed by atoms with E-state index in [1.807, 2.05) is 0 Å². The molecule has 2 rings (SSSR count). The number of aromatic nitrogens is 2. The van der Waals surface area contributed by atoms with Gasteiger partial charge in [-0.15, -0.1) is 10.2 Å². The zero-order chi connectivity index (χ0) is 14.9. The van der Waals surface area contributed by atoms with E-state index in [1.165, 1.54) is 0 Å².